The first-order valence-corrected chi connectivity index (χ1v) is 9.40. The van der Waals surface area contributed by atoms with Gasteiger partial charge in [-0.3, -0.25) is 9.59 Å². The van der Waals surface area contributed by atoms with E-state index in [4.69, 9.17) is 5.73 Å². The van der Waals surface area contributed by atoms with Gasteiger partial charge < -0.3 is 16.0 Å². The van der Waals surface area contributed by atoms with E-state index in [0.29, 0.717) is 19.6 Å². The number of benzene rings is 1. The van der Waals surface area contributed by atoms with Crippen molar-refractivity contribution in [3.8, 4) is 0 Å². The van der Waals surface area contributed by atoms with E-state index in [0.717, 1.165) is 37.7 Å². The Kier molecular flexibility index (Phi) is 7.47. The minimum atomic E-state index is 0. The van der Waals surface area contributed by atoms with Crippen molar-refractivity contribution in [3.05, 3.63) is 35.4 Å². The summed E-state index contributed by atoms with van der Waals surface area (Å²) in [4.78, 5) is 26.9. The zero-order valence-corrected chi connectivity index (χ0v) is 16.3. The van der Waals surface area contributed by atoms with Crippen molar-refractivity contribution in [2.24, 2.45) is 17.6 Å². The first kappa shape index (κ1) is 20.7. The summed E-state index contributed by atoms with van der Waals surface area (Å²) in [5.74, 6) is 0.462. The zero-order valence-electron chi connectivity index (χ0n) is 15.4. The second kappa shape index (κ2) is 9.38. The Hall–Kier alpha value is -1.59. The Morgan fingerprint density at radius 2 is 1.73 bits per heavy atom. The summed E-state index contributed by atoms with van der Waals surface area (Å²) >= 11 is 0. The van der Waals surface area contributed by atoms with E-state index in [1.807, 2.05) is 17.0 Å². The minimum Gasteiger partial charge on any atom is -0.352 e. The van der Waals surface area contributed by atoms with Crippen LogP contribution in [0.2, 0.25) is 0 Å². The van der Waals surface area contributed by atoms with Gasteiger partial charge >= 0.3 is 0 Å². The third-order valence-electron chi connectivity index (χ3n) is 5.59. The first-order valence-electron chi connectivity index (χ1n) is 9.40. The number of amides is 2. The van der Waals surface area contributed by atoms with Crippen LogP contribution >= 0.6 is 12.4 Å². The molecule has 3 rings (SSSR count). The van der Waals surface area contributed by atoms with Gasteiger partial charge in [-0.2, -0.15) is 0 Å². The number of nitrogens with zero attached hydrogens (tertiary/aromatic N) is 1. The van der Waals surface area contributed by atoms with Gasteiger partial charge in [-0.25, -0.2) is 0 Å². The standard InChI is InChI=1S/C20H29N3O2.ClH/c1-14-2-4-15(5-3-14)13-22-19(24)16-8-10-23(11-9-16)20(25)17-6-7-18(21)12-17;/h2-5,16-18H,6-13,21H2,1H3,(H,22,24);1H. The number of hydrogen-bond donors (Lipinski definition) is 2. The van der Waals surface area contributed by atoms with Crippen LogP contribution in [0, 0.1) is 18.8 Å². The van der Waals surface area contributed by atoms with Crippen LogP contribution in [0.15, 0.2) is 24.3 Å². The molecule has 2 aliphatic rings. The molecule has 1 saturated heterocycles. The van der Waals surface area contributed by atoms with Crippen LogP contribution in [0.1, 0.15) is 43.2 Å². The Balaban J connectivity index is 0.00000243. The average Bonchev–Trinajstić information content (AvgIpc) is 3.07. The number of carbonyl (C=O) groups is 2. The molecule has 144 valence electrons. The van der Waals surface area contributed by atoms with E-state index in [2.05, 4.69) is 24.4 Å². The number of nitrogens with one attached hydrogen (secondary N) is 1. The molecule has 3 N–H and O–H groups in total. The lowest BCUT2D eigenvalue weighted by molar-refractivity contribution is -0.139. The molecule has 0 bridgehead atoms. The van der Waals surface area contributed by atoms with E-state index in [-0.39, 0.29) is 42.1 Å². The lowest BCUT2D eigenvalue weighted by Crippen LogP contribution is -2.44. The molecule has 2 amide bonds. The van der Waals surface area contributed by atoms with Crippen LogP contribution in [0.25, 0.3) is 0 Å². The van der Waals surface area contributed by atoms with Crippen molar-refractivity contribution in [2.45, 2.75) is 51.6 Å². The minimum absolute atomic E-state index is 0. The summed E-state index contributed by atoms with van der Waals surface area (Å²) in [6, 6.07) is 8.38. The summed E-state index contributed by atoms with van der Waals surface area (Å²) in [6.07, 6.45) is 4.19. The van der Waals surface area contributed by atoms with Gasteiger partial charge in [0, 0.05) is 37.5 Å². The SMILES string of the molecule is Cc1ccc(CNC(=O)C2CCN(C(=O)C3CCC(N)C3)CC2)cc1.Cl. The zero-order chi connectivity index (χ0) is 17.8. The molecule has 1 heterocycles. The van der Waals surface area contributed by atoms with Crippen molar-refractivity contribution < 1.29 is 9.59 Å². The van der Waals surface area contributed by atoms with Crippen LogP contribution < -0.4 is 11.1 Å². The normalized spacial score (nSPS) is 23.4. The molecule has 5 nitrogen and oxygen atoms in total. The largest absolute Gasteiger partial charge is 0.352 e. The molecule has 0 aromatic heterocycles. The molecule has 2 unspecified atom stereocenters. The molecule has 0 spiro atoms. The fourth-order valence-corrected chi connectivity index (χ4v) is 3.90. The summed E-state index contributed by atoms with van der Waals surface area (Å²) < 4.78 is 0. The van der Waals surface area contributed by atoms with E-state index in [9.17, 15) is 9.59 Å². The number of halogens is 1. The molecule has 6 heteroatoms. The third-order valence-corrected chi connectivity index (χ3v) is 5.59. The molecule has 2 atom stereocenters. The maximum absolute atomic E-state index is 12.5. The third kappa shape index (κ3) is 5.21. The van der Waals surface area contributed by atoms with Gasteiger partial charge in [0.25, 0.3) is 0 Å². The molecule has 1 aromatic rings. The van der Waals surface area contributed by atoms with Gasteiger partial charge in [0.05, 0.1) is 0 Å². The van der Waals surface area contributed by atoms with Crippen molar-refractivity contribution in [1.29, 1.82) is 0 Å². The van der Waals surface area contributed by atoms with Crippen molar-refractivity contribution in [2.75, 3.05) is 13.1 Å². The van der Waals surface area contributed by atoms with E-state index in [1.54, 1.807) is 0 Å². The highest BCUT2D eigenvalue weighted by Gasteiger charge is 2.33. The Bertz CT molecular complexity index is 612. The van der Waals surface area contributed by atoms with Crippen LogP contribution in [0.5, 0.6) is 0 Å². The topological polar surface area (TPSA) is 75.4 Å². The van der Waals surface area contributed by atoms with Gasteiger partial charge in [-0.15, -0.1) is 12.4 Å². The van der Waals surface area contributed by atoms with Gasteiger partial charge in [-0.05, 0) is 44.6 Å². The van der Waals surface area contributed by atoms with Gasteiger partial charge in [-0.1, -0.05) is 29.8 Å². The number of carbonyl (C=O) groups excluding carboxylic acids is 2. The van der Waals surface area contributed by atoms with Crippen LogP contribution in [-0.2, 0) is 16.1 Å². The Morgan fingerprint density at radius 1 is 1.08 bits per heavy atom. The molecule has 1 aliphatic heterocycles. The smallest absolute Gasteiger partial charge is 0.225 e. The molecular weight excluding hydrogens is 350 g/mol. The quantitative estimate of drug-likeness (QED) is 0.843. The van der Waals surface area contributed by atoms with E-state index >= 15 is 0 Å². The van der Waals surface area contributed by atoms with E-state index < -0.39 is 0 Å². The summed E-state index contributed by atoms with van der Waals surface area (Å²) in [7, 11) is 0. The predicted molar refractivity (Wildman–Crippen MR) is 105 cm³/mol. The molecular formula is C20H30ClN3O2. The highest BCUT2D eigenvalue weighted by Crippen LogP contribution is 2.28. The number of aryl methyl sites for hydroxylation is 1. The monoisotopic (exact) mass is 379 g/mol. The van der Waals surface area contributed by atoms with Crippen molar-refractivity contribution in [3.63, 3.8) is 0 Å². The molecule has 26 heavy (non-hydrogen) atoms. The summed E-state index contributed by atoms with van der Waals surface area (Å²) in [6.45, 7) is 4.00. The van der Waals surface area contributed by atoms with Crippen molar-refractivity contribution in [1.82, 2.24) is 10.2 Å². The first-order chi connectivity index (χ1) is 12.0. The second-order valence-corrected chi connectivity index (χ2v) is 7.57. The van der Waals surface area contributed by atoms with Gasteiger partial charge in [0.1, 0.15) is 0 Å². The summed E-state index contributed by atoms with van der Waals surface area (Å²) in [5, 5.41) is 3.03. The van der Waals surface area contributed by atoms with Crippen LogP contribution in [-0.4, -0.2) is 35.8 Å². The highest BCUT2D eigenvalue weighted by atomic mass is 35.5. The van der Waals surface area contributed by atoms with Gasteiger partial charge in [0.2, 0.25) is 11.8 Å². The van der Waals surface area contributed by atoms with Gasteiger partial charge in [0.15, 0.2) is 0 Å². The number of likely N-dealkylation sites (tertiary alicyclic amines) is 1. The molecule has 1 aromatic carbocycles. The highest BCUT2D eigenvalue weighted by molar-refractivity contribution is 5.85. The molecule has 0 radical (unpaired) electrons. The predicted octanol–water partition coefficient (Wildman–Crippen LogP) is 2.40. The number of piperidine rings is 1. The number of hydrogen-bond acceptors (Lipinski definition) is 3. The average molecular weight is 380 g/mol. The fraction of sp³-hybridized carbons (Fsp3) is 0.600. The second-order valence-electron chi connectivity index (χ2n) is 7.57. The lowest BCUT2D eigenvalue weighted by Gasteiger charge is -2.33. The van der Waals surface area contributed by atoms with E-state index in [1.165, 1.54) is 5.56 Å². The lowest BCUT2D eigenvalue weighted by atomic mass is 9.94. The molecule has 1 aliphatic carbocycles. The van der Waals surface area contributed by atoms with Crippen LogP contribution in [0.3, 0.4) is 0 Å². The molecule has 1 saturated carbocycles. The Morgan fingerprint density at radius 3 is 2.31 bits per heavy atom. The maximum Gasteiger partial charge on any atom is 0.225 e. The fourth-order valence-electron chi connectivity index (χ4n) is 3.90. The number of rotatable bonds is 4. The molecule has 2 fully saturated rings. The summed E-state index contributed by atoms with van der Waals surface area (Å²) in [5.41, 5.74) is 8.25. The number of nitrogens with two attached hydrogens (primary N) is 1. The Labute approximate surface area is 162 Å². The van der Waals surface area contributed by atoms with Crippen molar-refractivity contribution >= 4 is 24.2 Å². The van der Waals surface area contributed by atoms with Crippen LogP contribution in [0.4, 0.5) is 0 Å². The maximum atomic E-state index is 12.5.